The fourth-order valence-corrected chi connectivity index (χ4v) is 2.68. The number of hydrogen-bond acceptors (Lipinski definition) is 2. The second-order valence-corrected chi connectivity index (χ2v) is 4.96. The number of aryl methyl sites for hydroxylation is 1. The largest absolute Gasteiger partial charge is 0.328 e. The zero-order valence-electron chi connectivity index (χ0n) is 7.61. The van der Waals surface area contributed by atoms with Gasteiger partial charge < -0.3 is 4.57 Å². The van der Waals surface area contributed by atoms with E-state index < -0.39 is 0 Å². The highest BCUT2D eigenvalue weighted by molar-refractivity contribution is 9.10. The fourth-order valence-electron chi connectivity index (χ4n) is 1.24. The van der Waals surface area contributed by atoms with Gasteiger partial charge in [-0.25, -0.2) is 4.79 Å². The van der Waals surface area contributed by atoms with Gasteiger partial charge in [0.05, 0.1) is 6.54 Å². The molecule has 0 spiro atoms. The Hall–Kier alpha value is -0.810. The molecule has 14 heavy (non-hydrogen) atoms. The molecule has 0 saturated carbocycles. The molecule has 2 aromatic rings. The van der Waals surface area contributed by atoms with E-state index in [-0.39, 0.29) is 5.69 Å². The summed E-state index contributed by atoms with van der Waals surface area (Å²) >= 11 is 5.03. The standard InChI is InChI=1S/C9H9BrN2OS/c1-11-2-3-12(9(11)13)5-8-4-7(10)6-14-8/h2-4,6H,5H2,1H3. The maximum Gasteiger partial charge on any atom is 0.328 e. The van der Waals surface area contributed by atoms with Crippen LogP contribution in [0.15, 0.2) is 33.1 Å². The maximum absolute atomic E-state index is 11.5. The minimum absolute atomic E-state index is 0.0227. The van der Waals surface area contributed by atoms with Gasteiger partial charge >= 0.3 is 5.69 Å². The van der Waals surface area contributed by atoms with Gasteiger partial charge in [0.15, 0.2) is 0 Å². The van der Waals surface area contributed by atoms with E-state index in [9.17, 15) is 4.79 Å². The summed E-state index contributed by atoms with van der Waals surface area (Å²) < 4.78 is 4.34. The zero-order chi connectivity index (χ0) is 10.1. The van der Waals surface area contributed by atoms with Crippen LogP contribution in [0, 0.1) is 0 Å². The summed E-state index contributed by atoms with van der Waals surface area (Å²) in [6.07, 6.45) is 3.57. The second kappa shape index (κ2) is 3.74. The van der Waals surface area contributed by atoms with Gasteiger partial charge in [0.25, 0.3) is 0 Å². The Morgan fingerprint density at radius 3 is 2.79 bits per heavy atom. The van der Waals surface area contributed by atoms with Crippen molar-refractivity contribution < 1.29 is 0 Å². The lowest BCUT2D eigenvalue weighted by molar-refractivity contribution is 0.724. The molecule has 0 aliphatic carbocycles. The summed E-state index contributed by atoms with van der Waals surface area (Å²) in [6, 6.07) is 2.03. The van der Waals surface area contributed by atoms with E-state index in [2.05, 4.69) is 15.9 Å². The quantitative estimate of drug-likeness (QED) is 0.822. The van der Waals surface area contributed by atoms with Crippen LogP contribution in [-0.4, -0.2) is 9.13 Å². The Labute approximate surface area is 93.7 Å². The van der Waals surface area contributed by atoms with Crippen LogP contribution in [0.5, 0.6) is 0 Å². The van der Waals surface area contributed by atoms with Crippen LogP contribution in [0.25, 0.3) is 0 Å². The molecule has 0 aliphatic heterocycles. The van der Waals surface area contributed by atoms with Crippen LogP contribution in [0.1, 0.15) is 4.88 Å². The Morgan fingerprint density at radius 2 is 2.29 bits per heavy atom. The smallest absolute Gasteiger partial charge is 0.302 e. The topological polar surface area (TPSA) is 26.9 Å². The Bertz CT molecular complexity index is 497. The molecule has 0 aromatic carbocycles. The van der Waals surface area contributed by atoms with Gasteiger partial charge in [-0.05, 0) is 22.0 Å². The minimum Gasteiger partial charge on any atom is -0.302 e. The van der Waals surface area contributed by atoms with Gasteiger partial charge in [0.2, 0.25) is 0 Å². The molecule has 0 saturated heterocycles. The van der Waals surface area contributed by atoms with Crippen molar-refractivity contribution in [3.63, 3.8) is 0 Å². The molecule has 0 aliphatic rings. The van der Waals surface area contributed by atoms with Gasteiger partial charge in [0.1, 0.15) is 0 Å². The Balaban J connectivity index is 2.27. The summed E-state index contributed by atoms with van der Waals surface area (Å²) in [5.74, 6) is 0. The first-order valence-electron chi connectivity index (χ1n) is 4.11. The number of imidazole rings is 1. The average Bonchev–Trinajstić information content (AvgIpc) is 2.67. The molecule has 0 amide bonds. The van der Waals surface area contributed by atoms with Crippen molar-refractivity contribution in [2.75, 3.05) is 0 Å². The highest BCUT2D eigenvalue weighted by Gasteiger charge is 2.02. The van der Waals surface area contributed by atoms with Crippen molar-refractivity contribution in [1.82, 2.24) is 9.13 Å². The molecule has 5 heteroatoms. The van der Waals surface area contributed by atoms with Crippen molar-refractivity contribution in [2.24, 2.45) is 7.05 Å². The fraction of sp³-hybridized carbons (Fsp3) is 0.222. The highest BCUT2D eigenvalue weighted by atomic mass is 79.9. The zero-order valence-corrected chi connectivity index (χ0v) is 10.0. The predicted octanol–water partition coefficient (Wildman–Crippen LogP) is 2.06. The third-order valence-corrected chi connectivity index (χ3v) is 3.65. The third-order valence-electron chi connectivity index (χ3n) is 1.97. The molecule has 2 aromatic heterocycles. The van der Waals surface area contributed by atoms with Crippen molar-refractivity contribution in [3.05, 3.63) is 43.7 Å². The molecule has 0 N–H and O–H groups in total. The maximum atomic E-state index is 11.5. The number of halogens is 1. The first kappa shape index (κ1) is 9.73. The van der Waals surface area contributed by atoms with Crippen LogP contribution in [-0.2, 0) is 13.6 Å². The van der Waals surface area contributed by atoms with E-state index in [4.69, 9.17) is 0 Å². The molecule has 0 bridgehead atoms. The van der Waals surface area contributed by atoms with Crippen LogP contribution in [0.3, 0.4) is 0 Å². The Morgan fingerprint density at radius 1 is 1.50 bits per heavy atom. The molecular weight excluding hydrogens is 264 g/mol. The van der Waals surface area contributed by atoms with Crippen LogP contribution >= 0.6 is 27.3 Å². The van der Waals surface area contributed by atoms with Crippen molar-refractivity contribution >= 4 is 27.3 Å². The summed E-state index contributed by atoms with van der Waals surface area (Å²) in [6.45, 7) is 0.649. The molecule has 2 rings (SSSR count). The molecule has 74 valence electrons. The van der Waals surface area contributed by atoms with Crippen LogP contribution < -0.4 is 5.69 Å². The molecule has 0 fully saturated rings. The monoisotopic (exact) mass is 272 g/mol. The van der Waals surface area contributed by atoms with Gasteiger partial charge in [0, 0.05) is 34.2 Å². The predicted molar refractivity (Wildman–Crippen MR) is 60.8 cm³/mol. The summed E-state index contributed by atoms with van der Waals surface area (Å²) in [4.78, 5) is 12.7. The van der Waals surface area contributed by atoms with Gasteiger partial charge in [-0.3, -0.25) is 4.57 Å². The summed E-state index contributed by atoms with van der Waals surface area (Å²) in [7, 11) is 1.75. The number of thiophene rings is 1. The van der Waals surface area contributed by atoms with Crippen molar-refractivity contribution in [2.45, 2.75) is 6.54 Å². The van der Waals surface area contributed by atoms with Gasteiger partial charge in [-0.2, -0.15) is 0 Å². The van der Waals surface area contributed by atoms with Crippen molar-refractivity contribution in [3.8, 4) is 0 Å². The lowest BCUT2D eigenvalue weighted by Crippen LogP contribution is -2.21. The van der Waals surface area contributed by atoms with Crippen LogP contribution in [0.2, 0.25) is 0 Å². The van der Waals surface area contributed by atoms with Crippen LogP contribution in [0.4, 0.5) is 0 Å². The second-order valence-electron chi connectivity index (χ2n) is 3.05. The number of aromatic nitrogens is 2. The average molecular weight is 273 g/mol. The Kier molecular flexibility index (Phi) is 2.60. The first-order chi connectivity index (χ1) is 6.66. The van der Waals surface area contributed by atoms with E-state index in [0.29, 0.717) is 6.54 Å². The van der Waals surface area contributed by atoms with E-state index in [1.807, 2.05) is 11.4 Å². The van der Waals surface area contributed by atoms with Crippen molar-refractivity contribution in [1.29, 1.82) is 0 Å². The van der Waals surface area contributed by atoms with E-state index in [0.717, 1.165) is 4.47 Å². The summed E-state index contributed by atoms with van der Waals surface area (Å²) in [5, 5.41) is 2.02. The first-order valence-corrected chi connectivity index (χ1v) is 5.79. The van der Waals surface area contributed by atoms with Gasteiger partial charge in [-0.15, -0.1) is 11.3 Å². The molecular formula is C9H9BrN2OS. The SMILES string of the molecule is Cn1ccn(Cc2cc(Br)cs2)c1=O. The minimum atomic E-state index is 0.0227. The molecule has 2 heterocycles. The molecule has 0 atom stereocenters. The molecule has 0 radical (unpaired) electrons. The number of hydrogen-bond donors (Lipinski definition) is 0. The third kappa shape index (κ3) is 1.83. The molecule has 0 unspecified atom stereocenters. The lowest BCUT2D eigenvalue weighted by Gasteiger charge is -1.96. The lowest BCUT2D eigenvalue weighted by atomic mass is 10.4. The normalized spacial score (nSPS) is 10.7. The van der Waals surface area contributed by atoms with E-state index in [1.54, 1.807) is 39.9 Å². The molecule has 3 nitrogen and oxygen atoms in total. The highest BCUT2D eigenvalue weighted by Crippen LogP contribution is 2.19. The number of nitrogens with zero attached hydrogens (tertiary/aromatic N) is 2. The van der Waals surface area contributed by atoms with Gasteiger partial charge in [-0.1, -0.05) is 0 Å². The van der Waals surface area contributed by atoms with E-state index in [1.165, 1.54) is 4.88 Å². The number of rotatable bonds is 2. The van der Waals surface area contributed by atoms with E-state index >= 15 is 0 Å². The summed E-state index contributed by atoms with van der Waals surface area (Å²) in [5.41, 5.74) is 0.0227.